The first-order chi connectivity index (χ1) is 9.16. The summed E-state index contributed by atoms with van der Waals surface area (Å²) in [5, 5.41) is 0. The molecule has 0 bridgehead atoms. The molecule has 0 aliphatic rings. The Bertz CT molecular complexity index is 575. The average molecular weight is 312 g/mol. The van der Waals surface area contributed by atoms with E-state index in [0.29, 0.717) is 17.1 Å². The van der Waals surface area contributed by atoms with E-state index in [9.17, 15) is 26.4 Å². The van der Waals surface area contributed by atoms with Crippen molar-refractivity contribution in [2.45, 2.75) is 30.8 Å². The quantitative estimate of drug-likeness (QED) is 0.869. The number of sulfonamides is 1. The maximum absolute atomic E-state index is 12.5. The average Bonchev–Trinajstić information content (AvgIpc) is 2.33. The molecule has 1 heterocycles. The molecule has 0 aliphatic carbocycles. The number of aromatic nitrogens is 1. The minimum Gasteiger partial charge on any atom is -0.328 e. The third kappa shape index (κ3) is 4.64. The van der Waals surface area contributed by atoms with E-state index in [2.05, 4.69) is 4.98 Å². The molecule has 5 nitrogen and oxygen atoms in total. The van der Waals surface area contributed by atoms with Crippen molar-refractivity contribution in [1.82, 2.24) is 9.29 Å². The predicted molar refractivity (Wildman–Crippen MR) is 66.8 cm³/mol. The van der Waals surface area contributed by atoms with Gasteiger partial charge in [0.15, 0.2) is 0 Å². The molecule has 1 aromatic heterocycles. The van der Waals surface area contributed by atoms with Gasteiger partial charge in [0.05, 0.1) is 4.90 Å². The maximum Gasteiger partial charge on any atom is 0.402 e. The van der Waals surface area contributed by atoms with Crippen molar-refractivity contribution in [1.29, 1.82) is 0 Å². The van der Waals surface area contributed by atoms with Crippen molar-refractivity contribution in [2.24, 2.45) is 0 Å². The Labute approximate surface area is 114 Å². The van der Waals surface area contributed by atoms with E-state index in [0.717, 1.165) is 18.3 Å². The number of pyridine rings is 1. The highest BCUT2D eigenvalue weighted by molar-refractivity contribution is 7.89. The second-order valence-electron chi connectivity index (χ2n) is 4.20. The van der Waals surface area contributed by atoms with Gasteiger partial charge in [0.25, 0.3) is 0 Å². The fraction of sp³-hybridized carbons (Fsp3) is 0.545. The number of nitrogens with zero attached hydrogens (tertiary/aromatic N) is 1. The first-order valence-corrected chi connectivity index (χ1v) is 7.36. The smallest absolute Gasteiger partial charge is 0.328 e. The summed E-state index contributed by atoms with van der Waals surface area (Å²) in [4.78, 5) is 12.6. The van der Waals surface area contributed by atoms with Crippen LogP contribution in [0.2, 0.25) is 0 Å². The van der Waals surface area contributed by atoms with E-state index in [1.54, 1.807) is 6.92 Å². The molecule has 0 unspecified atom stereocenters. The maximum atomic E-state index is 12.5. The van der Waals surface area contributed by atoms with E-state index in [-0.39, 0.29) is 11.4 Å². The van der Waals surface area contributed by atoms with E-state index in [1.807, 2.05) is 0 Å². The second kappa shape index (κ2) is 6.40. The lowest BCUT2D eigenvalue weighted by Crippen LogP contribution is -2.39. The summed E-state index contributed by atoms with van der Waals surface area (Å²) < 4.78 is 62.1. The second-order valence-corrected chi connectivity index (χ2v) is 6.13. The normalized spacial score (nSPS) is 12.8. The number of halogens is 3. The van der Waals surface area contributed by atoms with Crippen molar-refractivity contribution in [3.63, 3.8) is 0 Å². The molecule has 0 spiro atoms. The molecule has 0 fully saturated rings. The van der Waals surface area contributed by atoms with Crippen LogP contribution in [0.4, 0.5) is 13.2 Å². The van der Waals surface area contributed by atoms with Crippen LogP contribution in [-0.2, 0) is 10.0 Å². The molecular weight excluding hydrogens is 297 g/mol. The molecule has 0 aliphatic heterocycles. The van der Waals surface area contributed by atoms with Crippen LogP contribution in [-0.4, -0.2) is 37.0 Å². The van der Waals surface area contributed by atoms with Crippen LogP contribution in [0.5, 0.6) is 0 Å². The number of nitrogens with one attached hydrogen (secondary N) is 1. The number of hydrogen-bond acceptors (Lipinski definition) is 3. The Morgan fingerprint density at radius 2 is 1.95 bits per heavy atom. The number of alkyl halides is 3. The van der Waals surface area contributed by atoms with Gasteiger partial charge in [-0.2, -0.15) is 17.5 Å². The van der Waals surface area contributed by atoms with E-state index >= 15 is 0 Å². The number of H-pyrrole nitrogens is 1. The molecular formula is C11H15F3N2O3S. The van der Waals surface area contributed by atoms with Crippen LogP contribution < -0.4 is 5.56 Å². The Hall–Kier alpha value is -1.35. The van der Waals surface area contributed by atoms with E-state index in [1.165, 1.54) is 0 Å². The molecule has 0 aromatic carbocycles. The number of unbranched alkanes of at least 4 members (excludes halogenated alkanes) is 1. The lowest BCUT2D eigenvalue weighted by molar-refractivity contribution is -0.136. The minimum atomic E-state index is -4.62. The molecule has 0 atom stereocenters. The largest absolute Gasteiger partial charge is 0.402 e. The van der Waals surface area contributed by atoms with Crippen molar-refractivity contribution in [2.75, 3.05) is 13.1 Å². The highest BCUT2D eigenvalue weighted by atomic mass is 32.2. The summed E-state index contributed by atoms with van der Waals surface area (Å²) >= 11 is 0. The van der Waals surface area contributed by atoms with Crippen LogP contribution >= 0.6 is 0 Å². The molecule has 0 saturated heterocycles. The molecule has 0 saturated carbocycles. The van der Waals surface area contributed by atoms with Crippen LogP contribution in [0.3, 0.4) is 0 Å². The van der Waals surface area contributed by atoms with Crippen molar-refractivity contribution >= 4 is 10.0 Å². The number of hydrogen-bond donors (Lipinski definition) is 1. The molecule has 1 aromatic rings. The van der Waals surface area contributed by atoms with Crippen LogP contribution in [0.15, 0.2) is 28.0 Å². The van der Waals surface area contributed by atoms with Gasteiger partial charge in [-0.1, -0.05) is 13.3 Å². The zero-order valence-electron chi connectivity index (χ0n) is 10.8. The van der Waals surface area contributed by atoms with Gasteiger partial charge in [0.1, 0.15) is 6.54 Å². The van der Waals surface area contributed by atoms with Crippen molar-refractivity contribution in [3.8, 4) is 0 Å². The summed E-state index contributed by atoms with van der Waals surface area (Å²) in [5.41, 5.74) is -0.528. The molecule has 114 valence electrons. The highest BCUT2D eigenvalue weighted by Gasteiger charge is 2.36. The zero-order chi connectivity index (χ0) is 15.4. The Balaban J connectivity index is 3.09. The third-order valence-electron chi connectivity index (χ3n) is 2.51. The standard InChI is InChI=1S/C11H15F3N2O3S/c1-2-3-6-16(8-11(12,13)14)20(18,19)9-4-5-10(17)15-7-9/h4-5,7H,2-3,6,8H2,1H3,(H,15,17). The molecule has 1 N–H and O–H groups in total. The molecule has 0 amide bonds. The topological polar surface area (TPSA) is 70.2 Å². The fourth-order valence-corrected chi connectivity index (χ4v) is 2.96. The predicted octanol–water partition coefficient (Wildman–Crippen LogP) is 1.73. The van der Waals surface area contributed by atoms with Crippen LogP contribution in [0, 0.1) is 0 Å². The molecule has 20 heavy (non-hydrogen) atoms. The Morgan fingerprint density at radius 3 is 2.40 bits per heavy atom. The number of aromatic amines is 1. The molecule has 1 rings (SSSR count). The van der Waals surface area contributed by atoms with Gasteiger partial charge in [0.2, 0.25) is 15.6 Å². The van der Waals surface area contributed by atoms with E-state index in [4.69, 9.17) is 0 Å². The fourth-order valence-electron chi connectivity index (χ4n) is 1.52. The van der Waals surface area contributed by atoms with Gasteiger partial charge >= 0.3 is 6.18 Å². The highest BCUT2D eigenvalue weighted by Crippen LogP contribution is 2.22. The van der Waals surface area contributed by atoms with Gasteiger partial charge in [0, 0.05) is 18.8 Å². The third-order valence-corrected chi connectivity index (χ3v) is 4.35. The van der Waals surface area contributed by atoms with Crippen LogP contribution in [0.25, 0.3) is 0 Å². The molecule has 9 heteroatoms. The minimum absolute atomic E-state index is 0.225. The summed E-state index contributed by atoms with van der Waals surface area (Å²) in [7, 11) is -4.28. The van der Waals surface area contributed by atoms with Gasteiger partial charge in [-0.15, -0.1) is 0 Å². The van der Waals surface area contributed by atoms with Gasteiger partial charge in [-0.25, -0.2) is 8.42 Å². The lowest BCUT2D eigenvalue weighted by Gasteiger charge is -2.23. The monoisotopic (exact) mass is 312 g/mol. The summed E-state index contributed by atoms with van der Waals surface area (Å²) in [6.07, 6.45) is -2.84. The first kappa shape index (κ1) is 16.7. The van der Waals surface area contributed by atoms with Gasteiger partial charge in [-0.05, 0) is 12.5 Å². The van der Waals surface area contributed by atoms with Gasteiger partial charge in [-0.3, -0.25) is 4.79 Å². The summed E-state index contributed by atoms with van der Waals surface area (Å²) in [6.45, 7) is -0.0235. The van der Waals surface area contributed by atoms with Crippen molar-refractivity contribution in [3.05, 3.63) is 28.7 Å². The Kier molecular flexibility index (Phi) is 5.35. The summed E-state index contributed by atoms with van der Waals surface area (Å²) in [6, 6.07) is 1.95. The first-order valence-electron chi connectivity index (χ1n) is 5.92. The van der Waals surface area contributed by atoms with Crippen molar-refractivity contribution < 1.29 is 21.6 Å². The molecule has 0 radical (unpaired) electrons. The van der Waals surface area contributed by atoms with Crippen LogP contribution in [0.1, 0.15) is 19.8 Å². The van der Waals surface area contributed by atoms with E-state index < -0.39 is 28.3 Å². The number of rotatable bonds is 6. The SMILES string of the molecule is CCCCN(CC(F)(F)F)S(=O)(=O)c1ccc(=O)[nH]c1. The summed E-state index contributed by atoms with van der Waals surface area (Å²) in [5.74, 6) is 0. The zero-order valence-corrected chi connectivity index (χ0v) is 11.6. The lowest BCUT2D eigenvalue weighted by atomic mass is 10.3. The Morgan fingerprint density at radius 1 is 1.30 bits per heavy atom. The van der Waals surface area contributed by atoms with Gasteiger partial charge < -0.3 is 4.98 Å².